The SMILES string of the molecule is Cc1ccc(Cl)cc1N1CCN(Cc2ncc(-c3ccccc3)o2)CC1. The topological polar surface area (TPSA) is 32.5 Å². The molecule has 2 aromatic carbocycles. The molecule has 0 atom stereocenters. The number of halogens is 1. The summed E-state index contributed by atoms with van der Waals surface area (Å²) in [6, 6.07) is 16.2. The van der Waals surface area contributed by atoms with Gasteiger partial charge in [-0.05, 0) is 24.6 Å². The van der Waals surface area contributed by atoms with E-state index >= 15 is 0 Å². The smallest absolute Gasteiger partial charge is 0.209 e. The molecule has 5 heteroatoms. The maximum atomic E-state index is 6.17. The van der Waals surface area contributed by atoms with Gasteiger partial charge in [0, 0.05) is 42.5 Å². The third-order valence-electron chi connectivity index (χ3n) is 4.85. The monoisotopic (exact) mass is 367 g/mol. The number of oxazole rings is 1. The zero-order valence-corrected chi connectivity index (χ0v) is 15.6. The molecule has 134 valence electrons. The number of hydrogen-bond donors (Lipinski definition) is 0. The molecule has 0 radical (unpaired) electrons. The van der Waals surface area contributed by atoms with Crippen molar-refractivity contribution >= 4 is 17.3 Å². The largest absolute Gasteiger partial charge is 0.439 e. The van der Waals surface area contributed by atoms with Crippen LogP contribution in [0.1, 0.15) is 11.5 Å². The molecule has 3 aromatic rings. The van der Waals surface area contributed by atoms with Gasteiger partial charge in [-0.15, -0.1) is 0 Å². The lowest BCUT2D eigenvalue weighted by molar-refractivity contribution is 0.227. The molecule has 1 saturated heterocycles. The van der Waals surface area contributed by atoms with Crippen LogP contribution in [0.25, 0.3) is 11.3 Å². The fourth-order valence-corrected chi connectivity index (χ4v) is 3.55. The lowest BCUT2D eigenvalue weighted by Gasteiger charge is -2.36. The predicted octanol–water partition coefficient (Wildman–Crippen LogP) is 4.63. The normalized spacial score (nSPS) is 15.4. The van der Waals surface area contributed by atoms with Crippen LogP contribution in [-0.4, -0.2) is 36.1 Å². The molecule has 2 heterocycles. The molecule has 0 aliphatic carbocycles. The first-order chi connectivity index (χ1) is 12.7. The minimum Gasteiger partial charge on any atom is -0.439 e. The number of benzene rings is 2. The van der Waals surface area contributed by atoms with E-state index in [-0.39, 0.29) is 0 Å². The van der Waals surface area contributed by atoms with Gasteiger partial charge in [0.15, 0.2) is 5.76 Å². The first-order valence-corrected chi connectivity index (χ1v) is 9.30. The van der Waals surface area contributed by atoms with E-state index in [1.54, 1.807) is 0 Å². The summed E-state index contributed by atoms with van der Waals surface area (Å²) < 4.78 is 5.93. The number of hydrogen-bond acceptors (Lipinski definition) is 4. The van der Waals surface area contributed by atoms with Gasteiger partial charge in [-0.3, -0.25) is 4.90 Å². The second-order valence-corrected chi connectivity index (χ2v) is 7.11. The lowest BCUT2D eigenvalue weighted by atomic mass is 10.1. The Morgan fingerprint density at radius 1 is 1.04 bits per heavy atom. The van der Waals surface area contributed by atoms with Crippen molar-refractivity contribution in [3.8, 4) is 11.3 Å². The minimum absolute atomic E-state index is 0.745. The van der Waals surface area contributed by atoms with Gasteiger partial charge in [0.2, 0.25) is 5.89 Å². The summed E-state index contributed by atoms with van der Waals surface area (Å²) in [4.78, 5) is 9.24. The van der Waals surface area contributed by atoms with Crippen molar-refractivity contribution in [2.24, 2.45) is 0 Å². The molecule has 0 saturated carbocycles. The van der Waals surface area contributed by atoms with Crippen molar-refractivity contribution in [1.82, 2.24) is 9.88 Å². The Hall–Kier alpha value is -2.30. The molecule has 4 nitrogen and oxygen atoms in total. The van der Waals surface area contributed by atoms with E-state index in [2.05, 4.69) is 33.8 Å². The Labute approximate surface area is 159 Å². The molecule has 0 unspecified atom stereocenters. The third-order valence-corrected chi connectivity index (χ3v) is 5.09. The van der Waals surface area contributed by atoms with Crippen molar-refractivity contribution in [3.05, 3.63) is 71.2 Å². The molecule has 0 amide bonds. The third kappa shape index (κ3) is 3.76. The second-order valence-electron chi connectivity index (χ2n) is 6.68. The van der Waals surface area contributed by atoms with Crippen molar-refractivity contribution in [2.45, 2.75) is 13.5 Å². The molecule has 1 aromatic heterocycles. The molecular formula is C21H22ClN3O. The number of aryl methyl sites for hydroxylation is 1. The highest BCUT2D eigenvalue weighted by molar-refractivity contribution is 6.30. The standard InChI is InChI=1S/C21H22ClN3O/c1-16-7-8-18(22)13-19(16)25-11-9-24(10-12-25)15-21-23-14-20(26-21)17-5-3-2-4-6-17/h2-8,13-14H,9-12,15H2,1H3. The lowest BCUT2D eigenvalue weighted by Crippen LogP contribution is -2.46. The van der Waals surface area contributed by atoms with Crippen molar-refractivity contribution < 1.29 is 4.42 Å². The maximum absolute atomic E-state index is 6.17. The van der Waals surface area contributed by atoms with Gasteiger partial charge in [-0.2, -0.15) is 0 Å². The van der Waals surface area contributed by atoms with Crippen molar-refractivity contribution in [3.63, 3.8) is 0 Å². The molecule has 0 spiro atoms. The summed E-state index contributed by atoms with van der Waals surface area (Å²) in [6.07, 6.45) is 1.82. The van der Waals surface area contributed by atoms with Crippen LogP contribution in [0.5, 0.6) is 0 Å². The zero-order chi connectivity index (χ0) is 17.9. The Kier molecular flexibility index (Phi) is 4.96. The van der Waals surface area contributed by atoms with Crippen LogP contribution >= 0.6 is 11.6 Å². The Balaban J connectivity index is 1.37. The van der Waals surface area contributed by atoms with E-state index in [0.717, 1.165) is 55.0 Å². The average Bonchev–Trinajstić information content (AvgIpc) is 3.14. The molecule has 26 heavy (non-hydrogen) atoms. The van der Waals surface area contributed by atoms with Gasteiger partial charge in [-0.25, -0.2) is 4.98 Å². The molecule has 1 aliphatic rings. The molecule has 1 fully saturated rings. The summed E-state index contributed by atoms with van der Waals surface area (Å²) in [5.41, 5.74) is 3.56. The summed E-state index contributed by atoms with van der Waals surface area (Å²) in [7, 11) is 0. The van der Waals surface area contributed by atoms with Gasteiger partial charge in [0.25, 0.3) is 0 Å². The van der Waals surface area contributed by atoms with Crippen LogP contribution in [-0.2, 0) is 6.54 Å². The predicted molar refractivity (Wildman–Crippen MR) is 106 cm³/mol. The van der Waals surface area contributed by atoms with Gasteiger partial charge >= 0.3 is 0 Å². The fraction of sp³-hybridized carbons (Fsp3) is 0.286. The summed E-state index contributed by atoms with van der Waals surface area (Å²) in [5.74, 6) is 1.60. The van der Waals surface area contributed by atoms with Crippen LogP contribution < -0.4 is 4.90 Å². The van der Waals surface area contributed by atoms with Crippen LogP contribution in [0.4, 0.5) is 5.69 Å². The van der Waals surface area contributed by atoms with Gasteiger partial charge in [0.1, 0.15) is 0 Å². The Morgan fingerprint density at radius 3 is 2.58 bits per heavy atom. The summed E-state index contributed by atoms with van der Waals surface area (Å²) >= 11 is 6.17. The molecule has 1 aliphatic heterocycles. The Morgan fingerprint density at radius 2 is 1.81 bits per heavy atom. The van der Waals surface area contributed by atoms with E-state index in [1.807, 2.05) is 42.6 Å². The molecule has 4 rings (SSSR count). The number of piperazine rings is 1. The minimum atomic E-state index is 0.745. The van der Waals surface area contributed by atoms with Crippen molar-refractivity contribution in [2.75, 3.05) is 31.1 Å². The van der Waals surface area contributed by atoms with Crippen LogP contribution in [0.2, 0.25) is 5.02 Å². The number of nitrogens with zero attached hydrogens (tertiary/aromatic N) is 3. The zero-order valence-electron chi connectivity index (χ0n) is 14.9. The first-order valence-electron chi connectivity index (χ1n) is 8.92. The highest BCUT2D eigenvalue weighted by atomic mass is 35.5. The Bertz CT molecular complexity index is 870. The van der Waals surface area contributed by atoms with E-state index in [1.165, 1.54) is 11.3 Å². The molecule has 0 N–H and O–H groups in total. The highest BCUT2D eigenvalue weighted by Crippen LogP contribution is 2.26. The fourth-order valence-electron chi connectivity index (χ4n) is 3.38. The van der Waals surface area contributed by atoms with E-state index in [0.29, 0.717) is 0 Å². The van der Waals surface area contributed by atoms with Crippen LogP contribution in [0.15, 0.2) is 59.1 Å². The number of anilines is 1. The maximum Gasteiger partial charge on any atom is 0.209 e. The highest BCUT2D eigenvalue weighted by Gasteiger charge is 2.20. The summed E-state index contributed by atoms with van der Waals surface area (Å²) in [5, 5.41) is 0.793. The molecular weight excluding hydrogens is 346 g/mol. The second kappa shape index (κ2) is 7.52. The number of aromatic nitrogens is 1. The summed E-state index contributed by atoms with van der Waals surface area (Å²) in [6.45, 7) is 6.80. The quantitative estimate of drug-likeness (QED) is 0.673. The number of rotatable bonds is 4. The first kappa shape index (κ1) is 17.1. The van der Waals surface area contributed by atoms with Crippen LogP contribution in [0.3, 0.4) is 0 Å². The van der Waals surface area contributed by atoms with Crippen molar-refractivity contribution in [1.29, 1.82) is 0 Å². The van der Waals surface area contributed by atoms with E-state index < -0.39 is 0 Å². The van der Waals surface area contributed by atoms with Crippen LogP contribution in [0, 0.1) is 6.92 Å². The average molecular weight is 368 g/mol. The molecule has 0 bridgehead atoms. The van der Waals surface area contributed by atoms with E-state index in [4.69, 9.17) is 16.0 Å². The van der Waals surface area contributed by atoms with Gasteiger partial charge in [-0.1, -0.05) is 48.0 Å². The van der Waals surface area contributed by atoms with Gasteiger partial charge < -0.3 is 9.32 Å². The van der Waals surface area contributed by atoms with E-state index in [9.17, 15) is 0 Å². The van der Waals surface area contributed by atoms with Gasteiger partial charge in [0.05, 0.1) is 12.7 Å².